The van der Waals surface area contributed by atoms with Crippen LogP contribution in [0.3, 0.4) is 0 Å². The molecular weight excluding hydrogens is 250 g/mol. The molecule has 0 aliphatic carbocycles. The Balaban J connectivity index is 2.26. The largest absolute Gasteiger partial charge is 0.350 e. The van der Waals surface area contributed by atoms with E-state index in [0.29, 0.717) is 0 Å². The van der Waals surface area contributed by atoms with Crippen molar-refractivity contribution in [3.05, 3.63) is 35.9 Å². The molecule has 0 bridgehead atoms. The zero-order valence-electron chi connectivity index (χ0n) is 12.8. The number of carbonyl (C=O) groups excluding carboxylic acids is 1. The molecule has 1 amide bonds. The van der Waals surface area contributed by atoms with Crippen LogP contribution in [-0.2, 0) is 15.1 Å². The number of hydrogen-bond donors (Lipinski definition) is 0. The molecule has 2 atom stereocenters. The summed E-state index contributed by atoms with van der Waals surface area (Å²) in [5, 5.41) is 0. The number of ether oxygens (including phenoxy) is 1. The second-order valence-electron chi connectivity index (χ2n) is 5.33. The molecule has 0 spiro atoms. The summed E-state index contributed by atoms with van der Waals surface area (Å²) in [5.74, 6) is 0.120. The van der Waals surface area contributed by atoms with Crippen LogP contribution in [0.1, 0.15) is 45.6 Å². The van der Waals surface area contributed by atoms with E-state index in [2.05, 4.69) is 6.92 Å². The fourth-order valence-corrected chi connectivity index (χ4v) is 2.84. The molecule has 0 aromatic heterocycles. The molecule has 1 aliphatic rings. The Bertz CT molecular complexity index is 442. The van der Waals surface area contributed by atoms with Crippen LogP contribution in [0.4, 0.5) is 0 Å². The van der Waals surface area contributed by atoms with E-state index in [1.54, 1.807) is 0 Å². The number of nitrogens with zero attached hydrogens (tertiary/aromatic N) is 1. The Morgan fingerprint density at radius 2 is 1.85 bits per heavy atom. The Kier molecular flexibility index (Phi) is 4.81. The standard InChI is InChI=1S/C17H25NO2/c1-4-7-13-15-17(20-15,14-11-9-8-10-12-14)16(19)18(5-2)6-3/h8-12,15H,4-7,13H2,1-3H3/t15-,17+/m0/s1. The molecule has 2 rings (SSSR count). The number of epoxide rings is 1. The van der Waals surface area contributed by atoms with E-state index in [4.69, 9.17) is 4.74 Å². The lowest BCUT2D eigenvalue weighted by atomic mass is 9.91. The minimum absolute atomic E-state index is 0.0398. The molecule has 1 aromatic carbocycles. The van der Waals surface area contributed by atoms with Gasteiger partial charge in [0.25, 0.3) is 5.91 Å². The van der Waals surface area contributed by atoms with Gasteiger partial charge in [-0.25, -0.2) is 0 Å². The second kappa shape index (κ2) is 6.40. The molecule has 1 heterocycles. The van der Waals surface area contributed by atoms with Crippen LogP contribution < -0.4 is 0 Å². The zero-order chi connectivity index (χ0) is 14.6. The van der Waals surface area contributed by atoms with Crippen LogP contribution in [0.5, 0.6) is 0 Å². The topological polar surface area (TPSA) is 32.8 Å². The molecule has 0 unspecified atom stereocenters. The SMILES string of the molecule is CCCC[C@@H]1O[C@]1(C(=O)N(CC)CC)c1ccccc1. The van der Waals surface area contributed by atoms with Crippen LogP contribution in [-0.4, -0.2) is 30.0 Å². The lowest BCUT2D eigenvalue weighted by Crippen LogP contribution is -2.41. The Morgan fingerprint density at radius 3 is 2.40 bits per heavy atom. The summed E-state index contributed by atoms with van der Waals surface area (Å²) in [5.41, 5.74) is 0.278. The molecule has 0 N–H and O–H groups in total. The minimum Gasteiger partial charge on any atom is -0.350 e. The Labute approximate surface area is 121 Å². The summed E-state index contributed by atoms with van der Waals surface area (Å²) in [7, 11) is 0. The average molecular weight is 275 g/mol. The summed E-state index contributed by atoms with van der Waals surface area (Å²) in [6, 6.07) is 9.94. The third-order valence-corrected chi connectivity index (χ3v) is 4.12. The molecule has 110 valence electrons. The van der Waals surface area contributed by atoms with Gasteiger partial charge >= 0.3 is 0 Å². The van der Waals surface area contributed by atoms with E-state index in [0.717, 1.165) is 37.9 Å². The van der Waals surface area contributed by atoms with Crippen molar-refractivity contribution in [1.29, 1.82) is 0 Å². The van der Waals surface area contributed by atoms with Gasteiger partial charge in [0.1, 0.15) is 6.10 Å². The highest BCUT2D eigenvalue weighted by atomic mass is 16.6. The number of unbranched alkanes of at least 4 members (excludes halogenated alkanes) is 1. The van der Waals surface area contributed by atoms with E-state index in [1.807, 2.05) is 49.1 Å². The third kappa shape index (κ3) is 2.59. The molecule has 20 heavy (non-hydrogen) atoms. The number of likely N-dealkylation sites (N-methyl/N-ethyl adjacent to an activating group) is 1. The van der Waals surface area contributed by atoms with Crippen molar-refractivity contribution in [2.24, 2.45) is 0 Å². The van der Waals surface area contributed by atoms with E-state index in [9.17, 15) is 4.79 Å². The third-order valence-electron chi connectivity index (χ3n) is 4.12. The van der Waals surface area contributed by atoms with Gasteiger partial charge in [-0.15, -0.1) is 0 Å². The van der Waals surface area contributed by atoms with Gasteiger partial charge in [-0.05, 0) is 25.8 Å². The quantitative estimate of drug-likeness (QED) is 0.715. The van der Waals surface area contributed by atoms with Crippen LogP contribution in [0.25, 0.3) is 0 Å². The number of hydrogen-bond acceptors (Lipinski definition) is 2. The molecule has 0 saturated carbocycles. The molecule has 1 aromatic rings. The first kappa shape index (κ1) is 15.0. The van der Waals surface area contributed by atoms with Gasteiger partial charge in [-0.2, -0.15) is 0 Å². The van der Waals surface area contributed by atoms with Gasteiger partial charge in [-0.3, -0.25) is 4.79 Å². The first-order valence-electron chi connectivity index (χ1n) is 7.73. The Morgan fingerprint density at radius 1 is 1.20 bits per heavy atom. The molecule has 1 aliphatic heterocycles. The van der Waals surface area contributed by atoms with Gasteiger partial charge in [-0.1, -0.05) is 50.1 Å². The first-order valence-corrected chi connectivity index (χ1v) is 7.73. The van der Waals surface area contributed by atoms with Gasteiger partial charge in [0.15, 0.2) is 5.60 Å². The van der Waals surface area contributed by atoms with E-state index < -0.39 is 5.60 Å². The smallest absolute Gasteiger partial charge is 0.262 e. The van der Waals surface area contributed by atoms with Crippen LogP contribution in [0, 0.1) is 0 Å². The predicted molar refractivity (Wildman–Crippen MR) is 80.4 cm³/mol. The van der Waals surface area contributed by atoms with Crippen molar-refractivity contribution in [2.45, 2.75) is 51.7 Å². The number of rotatable bonds is 7. The maximum Gasteiger partial charge on any atom is 0.262 e. The predicted octanol–water partition coefficient (Wildman–Crippen LogP) is 3.34. The molecular formula is C17H25NO2. The number of benzene rings is 1. The van der Waals surface area contributed by atoms with Gasteiger partial charge in [0, 0.05) is 13.1 Å². The zero-order valence-corrected chi connectivity index (χ0v) is 12.8. The van der Waals surface area contributed by atoms with Gasteiger partial charge < -0.3 is 9.64 Å². The molecule has 1 saturated heterocycles. The number of amides is 1. The molecule has 3 nitrogen and oxygen atoms in total. The monoisotopic (exact) mass is 275 g/mol. The van der Waals surface area contributed by atoms with E-state index in [-0.39, 0.29) is 12.0 Å². The molecule has 0 radical (unpaired) electrons. The minimum atomic E-state index is -0.720. The van der Waals surface area contributed by atoms with E-state index >= 15 is 0 Å². The van der Waals surface area contributed by atoms with E-state index in [1.165, 1.54) is 0 Å². The van der Waals surface area contributed by atoms with Crippen molar-refractivity contribution < 1.29 is 9.53 Å². The van der Waals surface area contributed by atoms with Crippen molar-refractivity contribution in [1.82, 2.24) is 4.90 Å². The average Bonchev–Trinajstić information content (AvgIpc) is 3.23. The Hall–Kier alpha value is -1.35. The van der Waals surface area contributed by atoms with Crippen molar-refractivity contribution >= 4 is 5.91 Å². The van der Waals surface area contributed by atoms with Crippen LogP contribution in [0.2, 0.25) is 0 Å². The summed E-state index contributed by atoms with van der Waals surface area (Å²) >= 11 is 0. The summed E-state index contributed by atoms with van der Waals surface area (Å²) in [6.07, 6.45) is 3.23. The van der Waals surface area contributed by atoms with Crippen molar-refractivity contribution in [3.8, 4) is 0 Å². The summed E-state index contributed by atoms with van der Waals surface area (Å²) < 4.78 is 5.95. The lowest BCUT2D eigenvalue weighted by molar-refractivity contribution is -0.136. The first-order chi connectivity index (χ1) is 9.70. The highest BCUT2D eigenvalue weighted by molar-refractivity contribution is 5.90. The molecule has 1 fully saturated rings. The second-order valence-corrected chi connectivity index (χ2v) is 5.33. The van der Waals surface area contributed by atoms with Gasteiger partial charge in [0.2, 0.25) is 0 Å². The van der Waals surface area contributed by atoms with Crippen molar-refractivity contribution in [3.63, 3.8) is 0 Å². The fourth-order valence-electron chi connectivity index (χ4n) is 2.84. The maximum atomic E-state index is 12.9. The maximum absolute atomic E-state index is 12.9. The highest BCUT2D eigenvalue weighted by Crippen LogP contribution is 2.50. The van der Waals surface area contributed by atoms with Gasteiger partial charge in [0.05, 0.1) is 0 Å². The summed E-state index contributed by atoms with van der Waals surface area (Å²) in [6.45, 7) is 7.66. The summed E-state index contributed by atoms with van der Waals surface area (Å²) in [4.78, 5) is 14.7. The molecule has 3 heteroatoms. The number of carbonyl (C=O) groups is 1. The van der Waals surface area contributed by atoms with Crippen LogP contribution in [0.15, 0.2) is 30.3 Å². The normalized spacial score (nSPS) is 24.4. The van der Waals surface area contributed by atoms with Crippen LogP contribution >= 0.6 is 0 Å². The van der Waals surface area contributed by atoms with Crippen molar-refractivity contribution in [2.75, 3.05) is 13.1 Å². The highest BCUT2D eigenvalue weighted by Gasteiger charge is 2.63. The fraction of sp³-hybridized carbons (Fsp3) is 0.588. The lowest BCUT2D eigenvalue weighted by Gasteiger charge is -2.23.